The topological polar surface area (TPSA) is 66.5 Å². The third-order valence-corrected chi connectivity index (χ3v) is 6.41. The number of nitrogens with zero attached hydrogens (tertiary/aromatic N) is 1. The lowest BCUT2D eigenvalue weighted by atomic mass is 10.1. The van der Waals surface area contributed by atoms with Gasteiger partial charge >= 0.3 is 0 Å². The standard InChI is InChI=1S/C22H23ClN2O3S/c1-15(20(26)24-14-16-8-2-5-11-19(16)23)29-13-7-6-12-25-21(27)17-9-3-4-10-18(17)22(25)28/h2-5,8-11,15H,6-7,12-14H2,1H3,(H,24,26). The third kappa shape index (κ3) is 5.19. The number of halogens is 1. The first-order chi connectivity index (χ1) is 14.0. The Morgan fingerprint density at radius 3 is 2.31 bits per heavy atom. The minimum absolute atomic E-state index is 0.0322. The summed E-state index contributed by atoms with van der Waals surface area (Å²) in [7, 11) is 0. The van der Waals surface area contributed by atoms with E-state index < -0.39 is 0 Å². The molecule has 152 valence electrons. The summed E-state index contributed by atoms with van der Waals surface area (Å²) in [6.45, 7) is 2.68. The summed E-state index contributed by atoms with van der Waals surface area (Å²) < 4.78 is 0. The summed E-state index contributed by atoms with van der Waals surface area (Å²) in [6, 6.07) is 14.3. The van der Waals surface area contributed by atoms with E-state index in [9.17, 15) is 14.4 Å². The van der Waals surface area contributed by atoms with Gasteiger partial charge in [0.15, 0.2) is 0 Å². The Morgan fingerprint density at radius 2 is 1.66 bits per heavy atom. The van der Waals surface area contributed by atoms with Crippen molar-refractivity contribution in [2.24, 2.45) is 0 Å². The van der Waals surface area contributed by atoms with Gasteiger partial charge in [0.2, 0.25) is 5.91 Å². The van der Waals surface area contributed by atoms with E-state index in [2.05, 4.69) is 5.32 Å². The monoisotopic (exact) mass is 430 g/mol. The normalized spacial score (nSPS) is 14.1. The van der Waals surface area contributed by atoms with Crippen molar-refractivity contribution in [1.82, 2.24) is 10.2 Å². The zero-order valence-electron chi connectivity index (χ0n) is 16.2. The third-order valence-electron chi connectivity index (χ3n) is 4.80. The average molecular weight is 431 g/mol. The molecule has 29 heavy (non-hydrogen) atoms. The lowest BCUT2D eigenvalue weighted by molar-refractivity contribution is -0.120. The van der Waals surface area contributed by atoms with Crippen molar-refractivity contribution in [3.63, 3.8) is 0 Å². The number of rotatable bonds is 9. The minimum Gasteiger partial charge on any atom is -0.351 e. The number of hydrogen-bond acceptors (Lipinski definition) is 4. The molecular weight excluding hydrogens is 408 g/mol. The van der Waals surface area contributed by atoms with Crippen molar-refractivity contribution < 1.29 is 14.4 Å². The second-order valence-corrected chi connectivity index (χ2v) is 8.69. The zero-order valence-corrected chi connectivity index (χ0v) is 17.8. The molecule has 5 nitrogen and oxygen atoms in total. The van der Waals surface area contributed by atoms with Crippen LogP contribution in [0.4, 0.5) is 0 Å². The molecule has 0 saturated heterocycles. The SMILES string of the molecule is CC(SCCCCN1C(=O)c2ccccc2C1=O)C(=O)NCc1ccccc1Cl. The molecular formula is C22H23ClN2O3S. The maximum atomic E-state index is 12.3. The van der Waals surface area contributed by atoms with E-state index in [0.717, 1.165) is 17.7 Å². The molecule has 1 unspecified atom stereocenters. The van der Waals surface area contributed by atoms with E-state index in [4.69, 9.17) is 11.6 Å². The molecule has 0 aromatic heterocycles. The van der Waals surface area contributed by atoms with Crippen molar-refractivity contribution in [2.45, 2.75) is 31.6 Å². The Hall–Kier alpha value is -2.31. The van der Waals surface area contributed by atoms with Crippen LogP contribution in [0.2, 0.25) is 5.02 Å². The van der Waals surface area contributed by atoms with Gasteiger partial charge in [-0.15, -0.1) is 11.8 Å². The number of thioether (sulfide) groups is 1. The Balaban J connectivity index is 1.35. The van der Waals surface area contributed by atoms with Gasteiger partial charge in [-0.05, 0) is 49.3 Å². The first-order valence-electron chi connectivity index (χ1n) is 9.57. The highest BCUT2D eigenvalue weighted by Crippen LogP contribution is 2.23. The molecule has 1 N–H and O–H groups in total. The highest BCUT2D eigenvalue weighted by Gasteiger charge is 2.34. The molecule has 3 rings (SSSR count). The number of amides is 3. The Kier molecular flexibility index (Phi) is 7.34. The predicted octanol–water partition coefficient (Wildman–Crippen LogP) is 4.15. The first-order valence-corrected chi connectivity index (χ1v) is 11.0. The van der Waals surface area contributed by atoms with Crippen LogP contribution in [-0.4, -0.2) is 40.2 Å². The molecule has 3 amide bonds. The molecule has 0 spiro atoms. The van der Waals surface area contributed by atoms with Crippen LogP contribution in [0.15, 0.2) is 48.5 Å². The van der Waals surface area contributed by atoms with Crippen molar-refractivity contribution >= 4 is 41.1 Å². The molecule has 0 fully saturated rings. The van der Waals surface area contributed by atoms with Gasteiger partial charge in [-0.25, -0.2) is 0 Å². The predicted molar refractivity (Wildman–Crippen MR) is 116 cm³/mol. The van der Waals surface area contributed by atoms with E-state index in [1.54, 1.807) is 42.1 Å². The summed E-state index contributed by atoms with van der Waals surface area (Å²) in [5.41, 5.74) is 1.85. The van der Waals surface area contributed by atoms with Crippen molar-refractivity contribution in [1.29, 1.82) is 0 Å². The molecule has 0 radical (unpaired) electrons. The number of hydrogen-bond donors (Lipinski definition) is 1. The molecule has 1 aliphatic rings. The summed E-state index contributed by atoms with van der Waals surface area (Å²) >= 11 is 7.66. The smallest absolute Gasteiger partial charge is 0.261 e. The van der Waals surface area contributed by atoms with Crippen LogP contribution in [0.5, 0.6) is 0 Å². The van der Waals surface area contributed by atoms with Gasteiger partial charge in [0.05, 0.1) is 16.4 Å². The summed E-state index contributed by atoms with van der Waals surface area (Å²) in [6.07, 6.45) is 1.53. The Labute approximate surface area is 179 Å². The van der Waals surface area contributed by atoms with Gasteiger partial charge < -0.3 is 5.32 Å². The van der Waals surface area contributed by atoms with E-state index in [1.807, 2.05) is 25.1 Å². The van der Waals surface area contributed by atoms with Crippen LogP contribution in [0.1, 0.15) is 46.0 Å². The van der Waals surface area contributed by atoms with Crippen LogP contribution in [-0.2, 0) is 11.3 Å². The molecule has 0 saturated carbocycles. The fraction of sp³-hybridized carbons (Fsp3) is 0.318. The second kappa shape index (κ2) is 9.94. The molecule has 1 heterocycles. The molecule has 0 aliphatic carbocycles. The van der Waals surface area contributed by atoms with E-state index in [1.165, 1.54) is 4.90 Å². The molecule has 2 aromatic rings. The summed E-state index contributed by atoms with van der Waals surface area (Å²) in [5, 5.41) is 3.36. The van der Waals surface area contributed by atoms with Crippen LogP contribution < -0.4 is 5.32 Å². The lowest BCUT2D eigenvalue weighted by Gasteiger charge is -2.15. The van der Waals surface area contributed by atoms with Gasteiger partial charge in [0.25, 0.3) is 11.8 Å². The summed E-state index contributed by atoms with van der Waals surface area (Å²) in [5.74, 6) is 0.315. The van der Waals surface area contributed by atoms with E-state index in [0.29, 0.717) is 35.7 Å². The second-order valence-electron chi connectivity index (χ2n) is 6.84. The first kappa shape index (κ1) is 21.4. The van der Waals surface area contributed by atoms with Gasteiger partial charge in [0, 0.05) is 18.1 Å². The fourth-order valence-electron chi connectivity index (χ4n) is 3.12. The molecule has 1 atom stereocenters. The lowest BCUT2D eigenvalue weighted by Crippen LogP contribution is -2.31. The number of carbonyl (C=O) groups excluding carboxylic acids is 3. The quantitative estimate of drug-likeness (QED) is 0.479. The van der Waals surface area contributed by atoms with E-state index >= 15 is 0 Å². The highest BCUT2D eigenvalue weighted by molar-refractivity contribution is 8.00. The Morgan fingerprint density at radius 1 is 1.03 bits per heavy atom. The number of nitrogens with one attached hydrogen (secondary N) is 1. The highest BCUT2D eigenvalue weighted by atomic mass is 35.5. The van der Waals surface area contributed by atoms with Crippen LogP contribution in [0.25, 0.3) is 0 Å². The van der Waals surface area contributed by atoms with Crippen molar-refractivity contribution in [2.75, 3.05) is 12.3 Å². The van der Waals surface area contributed by atoms with Crippen molar-refractivity contribution in [3.05, 3.63) is 70.2 Å². The number of fused-ring (bicyclic) bond motifs is 1. The number of benzene rings is 2. The summed E-state index contributed by atoms with van der Waals surface area (Å²) in [4.78, 5) is 38.2. The molecule has 1 aliphatic heterocycles. The largest absolute Gasteiger partial charge is 0.351 e. The Bertz CT molecular complexity index is 883. The van der Waals surface area contributed by atoms with Gasteiger partial charge in [0.1, 0.15) is 0 Å². The number of unbranched alkanes of at least 4 members (excludes halogenated alkanes) is 1. The van der Waals surface area contributed by atoms with Crippen molar-refractivity contribution in [3.8, 4) is 0 Å². The van der Waals surface area contributed by atoms with E-state index in [-0.39, 0.29) is 23.0 Å². The maximum Gasteiger partial charge on any atom is 0.261 e. The fourth-order valence-corrected chi connectivity index (χ4v) is 4.28. The minimum atomic E-state index is -0.217. The molecule has 0 bridgehead atoms. The number of imide groups is 1. The van der Waals surface area contributed by atoms with Gasteiger partial charge in [-0.3, -0.25) is 19.3 Å². The van der Waals surface area contributed by atoms with Crippen LogP contribution >= 0.6 is 23.4 Å². The van der Waals surface area contributed by atoms with Crippen LogP contribution in [0, 0.1) is 0 Å². The van der Waals surface area contributed by atoms with Gasteiger partial charge in [-0.2, -0.15) is 0 Å². The zero-order chi connectivity index (χ0) is 20.8. The molecule has 7 heteroatoms. The maximum absolute atomic E-state index is 12.3. The number of carbonyl (C=O) groups is 3. The average Bonchev–Trinajstić information content (AvgIpc) is 2.97. The van der Waals surface area contributed by atoms with Gasteiger partial charge in [-0.1, -0.05) is 41.9 Å². The van der Waals surface area contributed by atoms with Crippen LogP contribution in [0.3, 0.4) is 0 Å². The molecule has 2 aromatic carbocycles.